The Morgan fingerprint density at radius 3 is 2.43 bits per heavy atom. The second kappa shape index (κ2) is 5.70. The molecule has 0 fully saturated rings. The average molecular weight is 295 g/mol. The van der Waals surface area contributed by atoms with Crippen LogP contribution in [-0.2, 0) is 0 Å². The number of carbonyl (C=O) groups excluding carboxylic acids is 1. The monoisotopic (exact) mass is 295 g/mol. The number of aryl methyl sites for hydroxylation is 1. The third-order valence-corrected chi connectivity index (χ3v) is 4.97. The van der Waals surface area contributed by atoms with Gasteiger partial charge in [-0.25, -0.2) is 0 Å². The fourth-order valence-electron chi connectivity index (χ4n) is 2.48. The van der Waals surface area contributed by atoms with Gasteiger partial charge in [0.15, 0.2) is 0 Å². The molecule has 3 aromatic rings. The summed E-state index contributed by atoms with van der Waals surface area (Å²) in [5.41, 5.74) is 2.18. The van der Waals surface area contributed by atoms with Gasteiger partial charge in [-0.3, -0.25) is 4.79 Å². The van der Waals surface area contributed by atoms with Crippen LogP contribution in [0.4, 0.5) is 0 Å². The maximum absolute atomic E-state index is 12.5. The van der Waals surface area contributed by atoms with Crippen molar-refractivity contribution in [3.8, 4) is 0 Å². The van der Waals surface area contributed by atoms with E-state index in [4.69, 9.17) is 0 Å². The molecule has 21 heavy (non-hydrogen) atoms. The van der Waals surface area contributed by atoms with Crippen molar-refractivity contribution < 1.29 is 4.79 Å². The molecule has 1 N–H and O–H groups in total. The Morgan fingerprint density at radius 2 is 1.71 bits per heavy atom. The first-order valence-corrected chi connectivity index (χ1v) is 7.82. The fourth-order valence-corrected chi connectivity index (χ4v) is 3.59. The molecule has 3 rings (SSSR count). The van der Waals surface area contributed by atoms with Gasteiger partial charge in [0.05, 0.1) is 10.9 Å². The molecule has 106 valence electrons. The lowest BCUT2D eigenvalue weighted by Gasteiger charge is -2.13. The number of hydrogen-bond acceptors (Lipinski definition) is 2. The van der Waals surface area contributed by atoms with E-state index in [-0.39, 0.29) is 11.9 Å². The molecule has 0 saturated carbocycles. The highest BCUT2D eigenvalue weighted by Crippen LogP contribution is 2.30. The Kier molecular flexibility index (Phi) is 3.76. The van der Waals surface area contributed by atoms with E-state index in [1.165, 1.54) is 5.39 Å². The Hall–Kier alpha value is -2.13. The van der Waals surface area contributed by atoms with Crippen molar-refractivity contribution in [1.29, 1.82) is 0 Å². The van der Waals surface area contributed by atoms with Gasteiger partial charge in [0.1, 0.15) is 0 Å². The number of hydrogen-bond donors (Lipinski definition) is 1. The minimum atomic E-state index is 0.00307. The largest absolute Gasteiger partial charge is 0.345 e. The van der Waals surface area contributed by atoms with E-state index in [1.807, 2.05) is 56.3 Å². The van der Waals surface area contributed by atoms with Crippen LogP contribution in [-0.4, -0.2) is 5.91 Å². The number of thiophene rings is 1. The highest BCUT2D eigenvalue weighted by molar-refractivity contribution is 7.21. The summed E-state index contributed by atoms with van der Waals surface area (Å²) in [5, 5.41) is 4.25. The standard InChI is InChI=1S/C18H17NOS/c1-12-15-10-6-7-11-16(15)21-17(12)18(20)19-13(2)14-8-4-3-5-9-14/h3-11,13H,1-2H3,(H,19,20). The van der Waals surface area contributed by atoms with Gasteiger partial charge in [-0.15, -0.1) is 11.3 Å². The number of benzene rings is 2. The quantitative estimate of drug-likeness (QED) is 0.745. The second-order valence-corrected chi connectivity index (χ2v) is 6.21. The summed E-state index contributed by atoms with van der Waals surface area (Å²) < 4.78 is 1.16. The van der Waals surface area contributed by atoms with Gasteiger partial charge in [-0.05, 0) is 36.4 Å². The van der Waals surface area contributed by atoms with E-state index >= 15 is 0 Å². The minimum absolute atomic E-state index is 0.00307. The van der Waals surface area contributed by atoms with E-state index in [2.05, 4.69) is 17.4 Å². The predicted octanol–water partition coefficient (Wildman–Crippen LogP) is 4.70. The second-order valence-electron chi connectivity index (χ2n) is 5.16. The van der Waals surface area contributed by atoms with Crippen molar-refractivity contribution in [1.82, 2.24) is 5.32 Å². The van der Waals surface area contributed by atoms with Crippen molar-refractivity contribution in [2.75, 3.05) is 0 Å². The maximum atomic E-state index is 12.5. The van der Waals surface area contributed by atoms with Gasteiger partial charge in [0, 0.05) is 4.70 Å². The van der Waals surface area contributed by atoms with Crippen LogP contribution < -0.4 is 5.32 Å². The number of rotatable bonds is 3. The van der Waals surface area contributed by atoms with E-state index in [0.717, 1.165) is 20.7 Å². The molecule has 1 unspecified atom stereocenters. The number of carbonyl (C=O) groups is 1. The van der Waals surface area contributed by atoms with E-state index in [0.29, 0.717) is 0 Å². The average Bonchev–Trinajstić information content (AvgIpc) is 2.86. The Labute approximate surface area is 128 Å². The molecular formula is C18H17NOS. The first kappa shape index (κ1) is 13.8. The molecule has 2 aromatic carbocycles. The van der Waals surface area contributed by atoms with E-state index < -0.39 is 0 Å². The van der Waals surface area contributed by atoms with Crippen LogP contribution in [0.15, 0.2) is 54.6 Å². The van der Waals surface area contributed by atoms with Gasteiger partial charge in [-0.1, -0.05) is 48.5 Å². The van der Waals surface area contributed by atoms with Crippen LogP contribution in [0, 0.1) is 6.92 Å². The predicted molar refractivity (Wildman–Crippen MR) is 88.9 cm³/mol. The number of amides is 1. The van der Waals surface area contributed by atoms with Gasteiger partial charge in [0.25, 0.3) is 5.91 Å². The molecular weight excluding hydrogens is 278 g/mol. The molecule has 0 bridgehead atoms. The summed E-state index contributed by atoms with van der Waals surface area (Å²) >= 11 is 1.56. The number of fused-ring (bicyclic) bond motifs is 1. The Bertz CT molecular complexity index is 776. The molecule has 1 amide bonds. The van der Waals surface area contributed by atoms with Crippen molar-refractivity contribution in [3.63, 3.8) is 0 Å². The zero-order valence-corrected chi connectivity index (χ0v) is 12.9. The van der Waals surface area contributed by atoms with Crippen LogP contribution >= 0.6 is 11.3 Å². The SMILES string of the molecule is Cc1c(C(=O)NC(C)c2ccccc2)sc2ccccc12. The smallest absolute Gasteiger partial charge is 0.262 e. The molecule has 0 aliphatic rings. The summed E-state index contributed by atoms with van der Waals surface area (Å²) in [6, 6.07) is 18.2. The summed E-state index contributed by atoms with van der Waals surface area (Å²) in [7, 11) is 0. The molecule has 3 heteroatoms. The maximum Gasteiger partial charge on any atom is 0.262 e. The molecule has 0 aliphatic carbocycles. The lowest BCUT2D eigenvalue weighted by Crippen LogP contribution is -2.26. The first-order chi connectivity index (χ1) is 10.2. The molecule has 0 radical (unpaired) electrons. The van der Waals surface area contributed by atoms with Crippen molar-refractivity contribution in [2.45, 2.75) is 19.9 Å². The molecule has 0 saturated heterocycles. The van der Waals surface area contributed by atoms with Gasteiger partial charge in [0.2, 0.25) is 0 Å². The highest BCUT2D eigenvalue weighted by atomic mass is 32.1. The van der Waals surface area contributed by atoms with Gasteiger partial charge in [-0.2, -0.15) is 0 Å². The first-order valence-electron chi connectivity index (χ1n) is 7.01. The van der Waals surface area contributed by atoms with E-state index in [1.54, 1.807) is 11.3 Å². The van der Waals surface area contributed by atoms with Crippen LogP contribution in [0.3, 0.4) is 0 Å². The minimum Gasteiger partial charge on any atom is -0.345 e. The molecule has 2 nitrogen and oxygen atoms in total. The van der Waals surface area contributed by atoms with Crippen LogP contribution in [0.25, 0.3) is 10.1 Å². The molecule has 1 heterocycles. The van der Waals surface area contributed by atoms with E-state index in [9.17, 15) is 4.79 Å². The fraction of sp³-hybridized carbons (Fsp3) is 0.167. The Balaban J connectivity index is 1.86. The topological polar surface area (TPSA) is 29.1 Å². The van der Waals surface area contributed by atoms with Crippen molar-refractivity contribution in [3.05, 3.63) is 70.6 Å². The lowest BCUT2D eigenvalue weighted by atomic mass is 10.1. The van der Waals surface area contributed by atoms with Crippen LogP contribution in [0.2, 0.25) is 0 Å². The molecule has 0 spiro atoms. The summed E-state index contributed by atoms with van der Waals surface area (Å²) in [6.45, 7) is 4.02. The van der Waals surface area contributed by atoms with Crippen LogP contribution in [0.5, 0.6) is 0 Å². The molecule has 0 aliphatic heterocycles. The third-order valence-electron chi connectivity index (χ3n) is 3.70. The van der Waals surface area contributed by atoms with Crippen molar-refractivity contribution >= 4 is 27.3 Å². The zero-order chi connectivity index (χ0) is 14.8. The van der Waals surface area contributed by atoms with Gasteiger partial charge >= 0.3 is 0 Å². The normalized spacial score (nSPS) is 12.3. The van der Waals surface area contributed by atoms with Crippen molar-refractivity contribution in [2.24, 2.45) is 0 Å². The van der Waals surface area contributed by atoms with Crippen LogP contribution in [0.1, 0.15) is 33.8 Å². The Morgan fingerprint density at radius 1 is 1.05 bits per heavy atom. The lowest BCUT2D eigenvalue weighted by molar-refractivity contribution is 0.0943. The highest BCUT2D eigenvalue weighted by Gasteiger charge is 2.17. The summed E-state index contributed by atoms with van der Waals surface area (Å²) in [6.07, 6.45) is 0. The van der Waals surface area contributed by atoms with Gasteiger partial charge < -0.3 is 5.32 Å². The number of nitrogens with one attached hydrogen (secondary N) is 1. The molecule has 1 atom stereocenters. The summed E-state index contributed by atoms with van der Waals surface area (Å²) in [4.78, 5) is 13.3. The molecule has 1 aromatic heterocycles. The third kappa shape index (κ3) is 2.69. The summed E-state index contributed by atoms with van der Waals surface area (Å²) in [5.74, 6) is 0.00468. The zero-order valence-electron chi connectivity index (χ0n) is 12.1.